The van der Waals surface area contributed by atoms with E-state index in [0.717, 1.165) is 12.5 Å². The van der Waals surface area contributed by atoms with Crippen molar-refractivity contribution < 1.29 is 0 Å². The molecule has 59 valence electrons. The molecule has 1 heterocycles. The van der Waals surface area contributed by atoms with E-state index < -0.39 is 0 Å². The van der Waals surface area contributed by atoms with Gasteiger partial charge in [0.25, 0.3) is 0 Å². The molecule has 1 heteroatoms. The molecule has 1 fully saturated rings. The summed E-state index contributed by atoms with van der Waals surface area (Å²) in [4.78, 5) is 0. The lowest BCUT2D eigenvalue weighted by Crippen LogP contribution is -2.38. The highest BCUT2D eigenvalue weighted by Gasteiger charge is 2.27. The highest BCUT2D eigenvalue weighted by Crippen LogP contribution is 2.25. The molecule has 1 nitrogen and oxygen atoms in total. The van der Waals surface area contributed by atoms with Gasteiger partial charge < -0.3 is 0 Å². The van der Waals surface area contributed by atoms with Crippen LogP contribution in [0.1, 0.15) is 40.0 Å². The van der Waals surface area contributed by atoms with Crippen LogP contribution < -0.4 is 5.32 Å². The van der Waals surface area contributed by atoms with Crippen LogP contribution in [0.15, 0.2) is 0 Å². The molecule has 0 spiro atoms. The van der Waals surface area contributed by atoms with Crippen molar-refractivity contribution >= 4 is 0 Å². The van der Waals surface area contributed by atoms with Gasteiger partial charge in [0, 0.05) is 12.1 Å². The largest absolute Gasteiger partial charge is 0.235 e. The van der Waals surface area contributed by atoms with Crippen LogP contribution in [0.25, 0.3) is 0 Å². The molecular formula is C9H18N. The molecule has 0 aromatic rings. The summed E-state index contributed by atoms with van der Waals surface area (Å²) in [5.74, 6) is 0.773. The first-order valence-electron chi connectivity index (χ1n) is 4.31. The van der Waals surface area contributed by atoms with E-state index in [0.29, 0.717) is 0 Å². The zero-order valence-electron chi connectivity index (χ0n) is 7.35. The van der Waals surface area contributed by atoms with Gasteiger partial charge in [0.15, 0.2) is 0 Å². The van der Waals surface area contributed by atoms with Crippen molar-refractivity contribution in [1.29, 1.82) is 0 Å². The predicted octanol–water partition coefficient (Wildman–Crippen LogP) is 2.19. The number of hydrogen-bond acceptors (Lipinski definition) is 0. The van der Waals surface area contributed by atoms with Crippen LogP contribution in [0.2, 0.25) is 0 Å². The Bertz CT molecular complexity index is 107. The molecule has 0 saturated carbocycles. The van der Waals surface area contributed by atoms with E-state index >= 15 is 0 Å². The van der Waals surface area contributed by atoms with Gasteiger partial charge in [-0.05, 0) is 32.6 Å². The summed E-state index contributed by atoms with van der Waals surface area (Å²) in [5.41, 5.74) is 0.247. The van der Waals surface area contributed by atoms with E-state index in [2.05, 4.69) is 26.1 Å². The highest BCUT2D eigenvalue weighted by molar-refractivity contribution is 4.84. The van der Waals surface area contributed by atoms with Crippen molar-refractivity contribution in [3.05, 3.63) is 0 Å². The van der Waals surface area contributed by atoms with Crippen molar-refractivity contribution in [3.8, 4) is 0 Å². The Balaban J connectivity index is 2.52. The van der Waals surface area contributed by atoms with Crippen LogP contribution in [-0.2, 0) is 0 Å². The van der Waals surface area contributed by atoms with E-state index in [9.17, 15) is 0 Å². The van der Waals surface area contributed by atoms with Gasteiger partial charge in [-0.3, -0.25) is 0 Å². The molecule has 0 aromatic heterocycles. The Morgan fingerprint density at radius 3 is 2.70 bits per heavy atom. The Labute approximate surface area is 64.2 Å². The van der Waals surface area contributed by atoms with Crippen LogP contribution in [0.3, 0.4) is 0 Å². The molecule has 1 aliphatic rings. The van der Waals surface area contributed by atoms with Gasteiger partial charge in [0.05, 0.1) is 0 Å². The maximum Gasteiger partial charge on any atom is 0.0326 e. The molecule has 0 amide bonds. The standard InChI is InChI=1S/C9H18N/c1-8-6-4-5-7-10-9(8,2)3/h8H,4-7H2,1-3H3. The lowest BCUT2D eigenvalue weighted by molar-refractivity contribution is 0.275. The summed E-state index contributed by atoms with van der Waals surface area (Å²) < 4.78 is 0. The first-order valence-corrected chi connectivity index (χ1v) is 4.31. The minimum atomic E-state index is 0.247. The SMILES string of the molecule is CC1CCCC[N]C1(C)C. The van der Waals surface area contributed by atoms with Crippen molar-refractivity contribution in [1.82, 2.24) is 5.32 Å². The number of rotatable bonds is 0. The smallest absolute Gasteiger partial charge is 0.0326 e. The van der Waals surface area contributed by atoms with E-state index in [1.807, 2.05) is 0 Å². The lowest BCUT2D eigenvalue weighted by atomic mass is 9.87. The molecule has 1 atom stereocenters. The second kappa shape index (κ2) is 2.91. The van der Waals surface area contributed by atoms with E-state index in [1.54, 1.807) is 0 Å². The van der Waals surface area contributed by atoms with E-state index in [1.165, 1.54) is 19.3 Å². The molecule has 1 radical (unpaired) electrons. The number of nitrogens with zero attached hydrogens (tertiary/aromatic N) is 1. The quantitative estimate of drug-likeness (QED) is 0.489. The van der Waals surface area contributed by atoms with Crippen molar-refractivity contribution in [2.45, 2.75) is 45.6 Å². The minimum Gasteiger partial charge on any atom is -0.235 e. The zero-order valence-corrected chi connectivity index (χ0v) is 7.35. The molecule has 0 bridgehead atoms. The van der Waals surface area contributed by atoms with Gasteiger partial charge in [0.2, 0.25) is 0 Å². The molecule has 1 rings (SSSR count). The Morgan fingerprint density at radius 1 is 1.30 bits per heavy atom. The fraction of sp³-hybridized carbons (Fsp3) is 1.00. The average molecular weight is 140 g/mol. The minimum absolute atomic E-state index is 0.247. The third-order valence-electron chi connectivity index (χ3n) is 2.77. The Morgan fingerprint density at radius 2 is 2.00 bits per heavy atom. The summed E-state index contributed by atoms with van der Waals surface area (Å²) in [7, 11) is 0. The molecule has 10 heavy (non-hydrogen) atoms. The monoisotopic (exact) mass is 140 g/mol. The fourth-order valence-electron chi connectivity index (χ4n) is 1.44. The Hall–Kier alpha value is -0.0400. The Kier molecular flexibility index (Phi) is 2.35. The molecular weight excluding hydrogens is 122 g/mol. The van der Waals surface area contributed by atoms with Gasteiger partial charge in [-0.25, -0.2) is 5.32 Å². The van der Waals surface area contributed by atoms with Crippen LogP contribution >= 0.6 is 0 Å². The second-order valence-electron chi connectivity index (χ2n) is 3.93. The van der Waals surface area contributed by atoms with Crippen LogP contribution in [-0.4, -0.2) is 12.1 Å². The number of hydrogen-bond donors (Lipinski definition) is 0. The average Bonchev–Trinajstić information content (AvgIpc) is 1.96. The fourth-order valence-corrected chi connectivity index (χ4v) is 1.44. The maximum atomic E-state index is 4.64. The van der Waals surface area contributed by atoms with Crippen LogP contribution in [0.4, 0.5) is 0 Å². The van der Waals surface area contributed by atoms with Crippen molar-refractivity contribution in [2.75, 3.05) is 6.54 Å². The molecule has 0 N–H and O–H groups in total. The third kappa shape index (κ3) is 1.72. The topological polar surface area (TPSA) is 14.1 Å². The third-order valence-corrected chi connectivity index (χ3v) is 2.77. The molecule has 1 aliphatic heterocycles. The molecule has 1 unspecified atom stereocenters. The maximum absolute atomic E-state index is 4.64. The first-order chi connectivity index (χ1) is 4.63. The van der Waals surface area contributed by atoms with E-state index in [4.69, 9.17) is 0 Å². The summed E-state index contributed by atoms with van der Waals surface area (Å²) in [6.07, 6.45) is 4.03. The predicted molar refractivity (Wildman–Crippen MR) is 44.1 cm³/mol. The summed E-state index contributed by atoms with van der Waals surface area (Å²) in [6.45, 7) is 7.90. The summed E-state index contributed by atoms with van der Waals surface area (Å²) >= 11 is 0. The molecule has 0 aromatic carbocycles. The zero-order chi connectivity index (χ0) is 7.61. The summed E-state index contributed by atoms with van der Waals surface area (Å²) in [5, 5.41) is 4.64. The van der Waals surface area contributed by atoms with Gasteiger partial charge in [0.1, 0.15) is 0 Å². The second-order valence-corrected chi connectivity index (χ2v) is 3.93. The van der Waals surface area contributed by atoms with Crippen molar-refractivity contribution in [3.63, 3.8) is 0 Å². The molecule has 1 saturated heterocycles. The van der Waals surface area contributed by atoms with Crippen molar-refractivity contribution in [2.24, 2.45) is 5.92 Å². The molecule has 0 aliphatic carbocycles. The van der Waals surface area contributed by atoms with Crippen LogP contribution in [0, 0.1) is 5.92 Å². The van der Waals surface area contributed by atoms with Crippen LogP contribution in [0.5, 0.6) is 0 Å². The first kappa shape index (κ1) is 8.06. The summed E-state index contributed by atoms with van der Waals surface area (Å²) in [6, 6.07) is 0. The highest BCUT2D eigenvalue weighted by atomic mass is 15.0. The lowest BCUT2D eigenvalue weighted by Gasteiger charge is -2.28. The normalized spacial score (nSPS) is 33.3. The van der Waals surface area contributed by atoms with Gasteiger partial charge in [-0.2, -0.15) is 0 Å². The van der Waals surface area contributed by atoms with Gasteiger partial charge in [-0.1, -0.05) is 13.3 Å². The van der Waals surface area contributed by atoms with Gasteiger partial charge in [-0.15, -0.1) is 0 Å². The van der Waals surface area contributed by atoms with E-state index in [-0.39, 0.29) is 5.54 Å². The van der Waals surface area contributed by atoms with Gasteiger partial charge >= 0.3 is 0 Å².